The van der Waals surface area contributed by atoms with E-state index in [1.54, 1.807) is 18.3 Å². The van der Waals surface area contributed by atoms with Crippen LogP contribution in [0.3, 0.4) is 0 Å². The molecule has 1 unspecified atom stereocenters. The molecule has 0 saturated carbocycles. The number of aromatic nitrogens is 4. The Morgan fingerprint density at radius 1 is 1.12 bits per heavy atom. The van der Waals surface area contributed by atoms with Crippen molar-refractivity contribution in [3.8, 4) is 11.4 Å². The number of nitrogens with zero attached hydrogens (tertiary/aromatic N) is 4. The van der Waals surface area contributed by atoms with E-state index < -0.39 is 0 Å². The lowest BCUT2D eigenvalue weighted by Crippen LogP contribution is -2.32. The van der Waals surface area contributed by atoms with Crippen LogP contribution in [0.15, 0.2) is 42.6 Å². The predicted molar refractivity (Wildman–Crippen MR) is 90.4 cm³/mol. The summed E-state index contributed by atoms with van der Waals surface area (Å²) >= 11 is 5.87. The number of halogens is 2. The molecule has 3 aromatic rings. The average Bonchev–Trinajstić information content (AvgIpc) is 3.01. The second-order valence-electron chi connectivity index (χ2n) is 5.80. The van der Waals surface area contributed by atoms with Gasteiger partial charge in [0, 0.05) is 30.8 Å². The van der Waals surface area contributed by atoms with Crippen LogP contribution in [0.25, 0.3) is 11.4 Å². The van der Waals surface area contributed by atoms with Gasteiger partial charge in [0.25, 0.3) is 0 Å². The number of nitrogens with one attached hydrogen (secondary N) is 1. The van der Waals surface area contributed by atoms with Gasteiger partial charge in [0.1, 0.15) is 17.5 Å². The maximum absolute atomic E-state index is 13.1. The first-order valence-corrected chi connectivity index (χ1v) is 8.13. The fraction of sp³-hybridized carbons (Fsp3) is 0.235. The van der Waals surface area contributed by atoms with E-state index in [1.807, 2.05) is 12.1 Å². The Bertz CT molecular complexity index is 844. The molecule has 122 valence electrons. The minimum atomic E-state index is -0.259. The van der Waals surface area contributed by atoms with Crippen molar-refractivity contribution in [1.82, 2.24) is 19.7 Å². The summed E-state index contributed by atoms with van der Waals surface area (Å²) in [5, 5.41) is 12.6. The molecule has 1 atom stereocenters. The van der Waals surface area contributed by atoms with Crippen LogP contribution in [-0.4, -0.2) is 25.8 Å². The summed E-state index contributed by atoms with van der Waals surface area (Å²) in [5.41, 5.74) is 0.861. The molecule has 0 bridgehead atoms. The predicted octanol–water partition coefficient (Wildman–Crippen LogP) is 3.56. The fourth-order valence-electron chi connectivity index (χ4n) is 2.93. The molecule has 2 aromatic heterocycles. The van der Waals surface area contributed by atoms with Crippen LogP contribution in [-0.2, 0) is 13.0 Å². The maximum atomic E-state index is 13.1. The third-order valence-electron chi connectivity index (χ3n) is 4.13. The number of aryl methyl sites for hydroxylation is 1. The van der Waals surface area contributed by atoms with Crippen molar-refractivity contribution in [1.29, 1.82) is 0 Å². The second kappa shape index (κ2) is 6.20. The smallest absolute Gasteiger partial charge is 0.164 e. The van der Waals surface area contributed by atoms with Crippen LogP contribution in [0.1, 0.15) is 12.2 Å². The first-order valence-electron chi connectivity index (χ1n) is 7.75. The number of rotatable bonds is 3. The van der Waals surface area contributed by atoms with Gasteiger partial charge in [0.2, 0.25) is 0 Å². The molecule has 1 aliphatic heterocycles. The minimum Gasteiger partial charge on any atom is -0.366 e. The Kier molecular flexibility index (Phi) is 3.90. The van der Waals surface area contributed by atoms with Gasteiger partial charge in [-0.05, 0) is 42.8 Å². The molecular formula is C17H15ClFN5. The summed E-state index contributed by atoms with van der Waals surface area (Å²) in [4.78, 5) is 4.28. The molecule has 7 heteroatoms. The molecular weight excluding hydrogens is 329 g/mol. The lowest BCUT2D eigenvalue weighted by Gasteiger charge is -2.25. The number of pyridine rings is 1. The highest BCUT2D eigenvalue weighted by Crippen LogP contribution is 2.24. The van der Waals surface area contributed by atoms with Gasteiger partial charge in [0.05, 0.1) is 5.02 Å². The standard InChI is InChI=1S/C17H15ClFN5/c18-12-3-7-15(20-9-12)21-14-6-8-16-22-23-17(24(16)10-14)11-1-4-13(19)5-2-11/h1-5,7,9,14H,6,8,10H2,(H,20,21). The van der Waals surface area contributed by atoms with Crippen LogP contribution in [0.4, 0.5) is 10.2 Å². The zero-order valence-corrected chi connectivity index (χ0v) is 13.5. The molecule has 3 heterocycles. The molecule has 1 aliphatic rings. The lowest BCUT2D eigenvalue weighted by atomic mass is 10.1. The molecule has 0 aliphatic carbocycles. The van der Waals surface area contributed by atoms with Crippen molar-refractivity contribution < 1.29 is 4.39 Å². The average molecular weight is 344 g/mol. The lowest BCUT2D eigenvalue weighted by molar-refractivity contribution is 0.478. The van der Waals surface area contributed by atoms with E-state index in [1.165, 1.54) is 12.1 Å². The van der Waals surface area contributed by atoms with E-state index in [0.717, 1.165) is 42.4 Å². The number of anilines is 1. The van der Waals surface area contributed by atoms with E-state index in [9.17, 15) is 4.39 Å². The highest BCUT2D eigenvalue weighted by Gasteiger charge is 2.23. The first kappa shape index (κ1) is 15.1. The quantitative estimate of drug-likeness (QED) is 0.790. The van der Waals surface area contributed by atoms with E-state index in [0.29, 0.717) is 5.02 Å². The summed E-state index contributed by atoms with van der Waals surface area (Å²) in [6.07, 6.45) is 3.41. The van der Waals surface area contributed by atoms with Gasteiger partial charge in [-0.2, -0.15) is 0 Å². The van der Waals surface area contributed by atoms with Crippen molar-refractivity contribution >= 4 is 17.4 Å². The number of hydrogen-bond acceptors (Lipinski definition) is 4. The fourth-order valence-corrected chi connectivity index (χ4v) is 3.04. The third-order valence-corrected chi connectivity index (χ3v) is 4.35. The zero-order chi connectivity index (χ0) is 16.5. The van der Waals surface area contributed by atoms with Crippen LogP contribution < -0.4 is 5.32 Å². The highest BCUT2D eigenvalue weighted by molar-refractivity contribution is 6.30. The van der Waals surface area contributed by atoms with Gasteiger partial charge in [-0.3, -0.25) is 0 Å². The molecule has 0 amide bonds. The van der Waals surface area contributed by atoms with Crippen molar-refractivity contribution in [2.75, 3.05) is 5.32 Å². The molecule has 1 N–H and O–H groups in total. The van der Waals surface area contributed by atoms with E-state index >= 15 is 0 Å². The van der Waals surface area contributed by atoms with E-state index in [-0.39, 0.29) is 11.9 Å². The highest BCUT2D eigenvalue weighted by atomic mass is 35.5. The van der Waals surface area contributed by atoms with Gasteiger partial charge in [-0.15, -0.1) is 10.2 Å². The van der Waals surface area contributed by atoms with E-state index in [4.69, 9.17) is 11.6 Å². The van der Waals surface area contributed by atoms with Crippen LogP contribution in [0, 0.1) is 5.82 Å². The van der Waals surface area contributed by atoms with Crippen molar-refractivity contribution in [3.63, 3.8) is 0 Å². The number of benzene rings is 1. The van der Waals surface area contributed by atoms with Gasteiger partial charge in [-0.25, -0.2) is 9.37 Å². The molecule has 1 aromatic carbocycles. The molecule has 0 radical (unpaired) electrons. The zero-order valence-electron chi connectivity index (χ0n) is 12.8. The maximum Gasteiger partial charge on any atom is 0.164 e. The topological polar surface area (TPSA) is 55.6 Å². The molecule has 0 spiro atoms. The van der Waals surface area contributed by atoms with Gasteiger partial charge in [0.15, 0.2) is 5.82 Å². The Hall–Kier alpha value is -2.47. The SMILES string of the molecule is Fc1ccc(-c2nnc3n2CC(Nc2ccc(Cl)cn2)CC3)cc1. The third kappa shape index (κ3) is 2.97. The molecule has 5 nitrogen and oxygen atoms in total. The van der Waals surface area contributed by atoms with Gasteiger partial charge >= 0.3 is 0 Å². The van der Waals surface area contributed by atoms with Crippen LogP contribution in [0.2, 0.25) is 5.02 Å². The van der Waals surface area contributed by atoms with Gasteiger partial charge in [-0.1, -0.05) is 11.6 Å². The summed E-state index contributed by atoms with van der Waals surface area (Å²) in [5.74, 6) is 2.26. The Labute approximate surface area is 143 Å². The molecule has 0 saturated heterocycles. The van der Waals surface area contributed by atoms with Crippen molar-refractivity contribution in [2.24, 2.45) is 0 Å². The number of hydrogen-bond donors (Lipinski definition) is 1. The molecule has 4 rings (SSSR count). The summed E-state index contributed by atoms with van der Waals surface area (Å²) in [6, 6.07) is 10.2. The van der Waals surface area contributed by atoms with Crippen molar-refractivity contribution in [3.05, 3.63) is 59.3 Å². The van der Waals surface area contributed by atoms with Crippen molar-refractivity contribution in [2.45, 2.75) is 25.4 Å². The van der Waals surface area contributed by atoms with Gasteiger partial charge < -0.3 is 9.88 Å². The monoisotopic (exact) mass is 343 g/mol. The Balaban J connectivity index is 1.56. The Morgan fingerprint density at radius 3 is 2.71 bits per heavy atom. The Morgan fingerprint density at radius 2 is 1.96 bits per heavy atom. The summed E-state index contributed by atoms with van der Waals surface area (Å²) < 4.78 is 15.2. The summed E-state index contributed by atoms with van der Waals surface area (Å²) in [6.45, 7) is 0.735. The summed E-state index contributed by atoms with van der Waals surface area (Å²) in [7, 11) is 0. The molecule has 24 heavy (non-hydrogen) atoms. The van der Waals surface area contributed by atoms with Crippen LogP contribution in [0.5, 0.6) is 0 Å². The largest absolute Gasteiger partial charge is 0.366 e. The second-order valence-corrected chi connectivity index (χ2v) is 6.24. The van der Waals surface area contributed by atoms with Crippen LogP contribution >= 0.6 is 11.6 Å². The minimum absolute atomic E-state index is 0.223. The van der Waals surface area contributed by atoms with E-state index in [2.05, 4.69) is 25.1 Å². The normalized spacial score (nSPS) is 16.7. The number of fused-ring (bicyclic) bond motifs is 1. The molecule has 0 fully saturated rings. The first-order chi connectivity index (χ1) is 11.7.